The molecular formula is C10H16F4N2O3. The summed E-state index contributed by atoms with van der Waals surface area (Å²) < 4.78 is 48.7. The van der Waals surface area contributed by atoms with Crippen molar-refractivity contribution in [3.8, 4) is 0 Å². The van der Waals surface area contributed by atoms with E-state index >= 15 is 0 Å². The molecule has 0 aliphatic heterocycles. The van der Waals surface area contributed by atoms with E-state index in [4.69, 9.17) is 5.11 Å². The Hall–Kier alpha value is -1.54. The first-order valence-corrected chi connectivity index (χ1v) is 5.55. The number of carbonyl (C=O) groups excluding carboxylic acids is 1. The number of carboxylic acids is 1. The van der Waals surface area contributed by atoms with E-state index in [0.29, 0.717) is 6.42 Å². The van der Waals surface area contributed by atoms with Gasteiger partial charge in [-0.25, -0.2) is 18.4 Å². The fourth-order valence-corrected chi connectivity index (χ4v) is 1.15. The second kappa shape index (κ2) is 7.15. The highest BCUT2D eigenvalue weighted by atomic mass is 19.3. The fraction of sp³-hybridized carbons (Fsp3) is 0.800. The molecule has 0 saturated carbocycles. The van der Waals surface area contributed by atoms with E-state index in [-0.39, 0.29) is 0 Å². The Kier molecular flexibility index (Phi) is 6.57. The van der Waals surface area contributed by atoms with Gasteiger partial charge in [-0.15, -0.1) is 0 Å². The van der Waals surface area contributed by atoms with E-state index < -0.39 is 42.9 Å². The zero-order valence-corrected chi connectivity index (χ0v) is 10.4. The number of rotatable bonds is 7. The van der Waals surface area contributed by atoms with Crippen molar-refractivity contribution in [2.75, 3.05) is 6.54 Å². The lowest BCUT2D eigenvalue weighted by atomic mass is 9.99. The Morgan fingerprint density at radius 1 is 1.32 bits per heavy atom. The van der Waals surface area contributed by atoms with Gasteiger partial charge in [-0.3, -0.25) is 0 Å². The second-order valence-electron chi connectivity index (χ2n) is 4.09. The van der Waals surface area contributed by atoms with Gasteiger partial charge in [0, 0.05) is 0 Å². The third kappa shape index (κ3) is 5.75. The maximum Gasteiger partial charge on any atom is 0.326 e. The number of alkyl halides is 4. The average Bonchev–Trinajstić information content (AvgIpc) is 2.32. The number of carboxylic acid groups (broad SMARTS) is 1. The van der Waals surface area contributed by atoms with Crippen LogP contribution in [0.4, 0.5) is 22.4 Å². The number of hydrogen-bond donors (Lipinski definition) is 3. The lowest BCUT2D eigenvalue weighted by Gasteiger charge is -2.21. The topological polar surface area (TPSA) is 78.4 Å². The van der Waals surface area contributed by atoms with Crippen LogP contribution in [0.25, 0.3) is 0 Å². The van der Waals surface area contributed by atoms with Crippen LogP contribution in [0.1, 0.15) is 20.3 Å². The van der Waals surface area contributed by atoms with Crippen molar-refractivity contribution in [2.45, 2.75) is 38.7 Å². The lowest BCUT2D eigenvalue weighted by Crippen LogP contribution is -2.52. The first-order valence-electron chi connectivity index (χ1n) is 5.55. The number of carbonyl (C=O) groups is 2. The van der Waals surface area contributed by atoms with E-state index in [1.165, 1.54) is 5.32 Å². The van der Waals surface area contributed by atoms with Gasteiger partial charge in [0.05, 0.1) is 6.54 Å². The molecule has 0 bridgehead atoms. The van der Waals surface area contributed by atoms with Crippen molar-refractivity contribution < 1.29 is 32.3 Å². The molecule has 0 spiro atoms. The molecule has 0 heterocycles. The summed E-state index contributed by atoms with van der Waals surface area (Å²) in [6.07, 6.45) is -3.47. The monoisotopic (exact) mass is 288 g/mol. The molecule has 0 aliphatic carbocycles. The molecule has 0 aromatic carbocycles. The van der Waals surface area contributed by atoms with Crippen LogP contribution >= 0.6 is 0 Å². The first-order chi connectivity index (χ1) is 8.61. The molecule has 0 aliphatic rings. The van der Waals surface area contributed by atoms with E-state index in [2.05, 4.69) is 0 Å². The van der Waals surface area contributed by atoms with Gasteiger partial charge in [0.15, 0.2) is 0 Å². The highest BCUT2D eigenvalue weighted by Crippen LogP contribution is 2.21. The van der Waals surface area contributed by atoms with Crippen LogP contribution in [0.2, 0.25) is 0 Å². The van der Waals surface area contributed by atoms with Gasteiger partial charge in [-0.05, 0) is 5.92 Å². The van der Waals surface area contributed by atoms with Gasteiger partial charge in [-0.1, -0.05) is 20.3 Å². The number of aliphatic carboxylic acids is 1. The molecule has 2 atom stereocenters. The largest absolute Gasteiger partial charge is 0.480 e. The summed E-state index contributed by atoms with van der Waals surface area (Å²) in [4.78, 5) is 22.0. The van der Waals surface area contributed by atoms with E-state index in [1.54, 1.807) is 13.8 Å². The fourth-order valence-electron chi connectivity index (χ4n) is 1.15. The van der Waals surface area contributed by atoms with E-state index in [0.717, 1.165) is 0 Å². The molecule has 5 nitrogen and oxygen atoms in total. The van der Waals surface area contributed by atoms with Gasteiger partial charge in [0.25, 0.3) is 0 Å². The first kappa shape index (κ1) is 17.5. The van der Waals surface area contributed by atoms with Crippen molar-refractivity contribution in [3.05, 3.63) is 0 Å². The highest BCUT2D eigenvalue weighted by molar-refractivity contribution is 5.82. The average molecular weight is 288 g/mol. The molecule has 0 unspecified atom stereocenters. The van der Waals surface area contributed by atoms with Gasteiger partial charge in [0.2, 0.25) is 0 Å². The quantitative estimate of drug-likeness (QED) is 0.624. The summed E-state index contributed by atoms with van der Waals surface area (Å²) in [6, 6.07) is -2.50. The third-order valence-electron chi connectivity index (χ3n) is 2.57. The molecule has 0 fully saturated rings. The third-order valence-corrected chi connectivity index (χ3v) is 2.57. The second-order valence-corrected chi connectivity index (χ2v) is 4.09. The maximum atomic E-state index is 12.5. The number of halogens is 4. The Bertz CT molecular complexity index is 326. The number of hydrogen-bond acceptors (Lipinski definition) is 2. The summed E-state index contributed by atoms with van der Waals surface area (Å²) in [5.41, 5.74) is 0. The summed E-state index contributed by atoms with van der Waals surface area (Å²) in [6.45, 7) is 1.67. The summed E-state index contributed by atoms with van der Waals surface area (Å²) in [7, 11) is 0. The Labute approximate surface area is 107 Å². The summed E-state index contributed by atoms with van der Waals surface area (Å²) >= 11 is 0. The Balaban J connectivity index is 4.40. The standard InChI is InChI=1S/C10H16F4N2O3/c1-3-5(2)6(7(17)18)16-9(19)15-4-10(13,14)8(11)12/h5-6,8H,3-4H2,1-2H3,(H,17,18)(H2,15,16,19)/t5-,6-/m0/s1. The molecule has 112 valence electrons. The van der Waals surface area contributed by atoms with Gasteiger partial charge >= 0.3 is 24.3 Å². The van der Waals surface area contributed by atoms with Crippen LogP contribution in [-0.4, -0.2) is 42.0 Å². The summed E-state index contributed by atoms with van der Waals surface area (Å²) in [5.74, 6) is -6.11. The van der Waals surface area contributed by atoms with Crippen LogP contribution in [-0.2, 0) is 4.79 Å². The van der Waals surface area contributed by atoms with Gasteiger partial charge in [-0.2, -0.15) is 8.78 Å². The van der Waals surface area contributed by atoms with Gasteiger partial charge in [0.1, 0.15) is 6.04 Å². The Morgan fingerprint density at radius 3 is 2.21 bits per heavy atom. The minimum atomic E-state index is -4.35. The number of amides is 2. The van der Waals surface area contributed by atoms with Crippen molar-refractivity contribution in [1.29, 1.82) is 0 Å². The van der Waals surface area contributed by atoms with E-state index in [1.807, 2.05) is 5.32 Å². The molecule has 0 aromatic heterocycles. The van der Waals surface area contributed by atoms with Crippen LogP contribution in [0.3, 0.4) is 0 Å². The predicted molar refractivity (Wildman–Crippen MR) is 58.4 cm³/mol. The molecule has 0 saturated heterocycles. The van der Waals surface area contributed by atoms with Crippen LogP contribution in [0, 0.1) is 5.92 Å². The van der Waals surface area contributed by atoms with Crippen LogP contribution in [0.15, 0.2) is 0 Å². The van der Waals surface area contributed by atoms with Gasteiger partial charge < -0.3 is 15.7 Å². The van der Waals surface area contributed by atoms with Crippen LogP contribution < -0.4 is 10.6 Å². The SMILES string of the molecule is CC[C@H](C)[C@H](NC(=O)NCC(F)(F)C(F)F)C(=O)O. The normalized spacial score (nSPS) is 14.9. The van der Waals surface area contributed by atoms with Crippen LogP contribution in [0.5, 0.6) is 0 Å². The lowest BCUT2D eigenvalue weighted by molar-refractivity contribution is -0.140. The Morgan fingerprint density at radius 2 is 1.84 bits per heavy atom. The van der Waals surface area contributed by atoms with Crippen molar-refractivity contribution in [1.82, 2.24) is 10.6 Å². The molecule has 0 rings (SSSR count). The smallest absolute Gasteiger partial charge is 0.326 e. The van der Waals surface area contributed by atoms with Crippen molar-refractivity contribution in [2.24, 2.45) is 5.92 Å². The zero-order chi connectivity index (χ0) is 15.2. The molecule has 2 amide bonds. The molecule has 9 heteroatoms. The molecule has 3 N–H and O–H groups in total. The molecule has 0 radical (unpaired) electrons. The maximum absolute atomic E-state index is 12.5. The highest BCUT2D eigenvalue weighted by Gasteiger charge is 2.41. The number of urea groups is 1. The minimum Gasteiger partial charge on any atom is -0.480 e. The molecular weight excluding hydrogens is 272 g/mol. The molecule has 19 heavy (non-hydrogen) atoms. The summed E-state index contributed by atoms with van der Waals surface area (Å²) in [5, 5.41) is 12.3. The molecule has 0 aromatic rings. The van der Waals surface area contributed by atoms with Crippen molar-refractivity contribution >= 4 is 12.0 Å². The minimum absolute atomic E-state index is 0.432. The number of nitrogens with one attached hydrogen (secondary N) is 2. The predicted octanol–water partition coefficient (Wildman–Crippen LogP) is 1.69. The zero-order valence-electron chi connectivity index (χ0n) is 10.4. The van der Waals surface area contributed by atoms with Crippen molar-refractivity contribution in [3.63, 3.8) is 0 Å². The van der Waals surface area contributed by atoms with E-state index in [9.17, 15) is 27.2 Å².